The lowest BCUT2D eigenvalue weighted by Gasteiger charge is -2.22. The van der Waals surface area contributed by atoms with E-state index < -0.39 is 0 Å². The minimum Gasteiger partial charge on any atom is -0.297 e. The van der Waals surface area contributed by atoms with Crippen LogP contribution in [0.25, 0.3) is 76.8 Å². The second kappa shape index (κ2) is 7.31. The normalized spacial score (nSPS) is 14.4. The number of hydrogen-bond donors (Lipinski definition) is 0. The Morgan fingerprint density at radius 1 is 0.585 bits per heavy atom. The topological polar surface area (TPSA) is 14.3 Å². The van der Waals surface area contributed by atoms with Gasteiger partial charge in [-0.3, -0.25) is 11.7 Å². The molecule has 0 atom stereocenters. The lowest BCUT2D eigenvalue weighted by atomic mass is 9.85. The van der Waals surface area contributed by atoms with E-state index in [0.717, 1.165) is 0 Å². The van der Waals surface area contributed by atoms with Crippen molar-refractivity contribution in [1.29, 1.82) is 0 Å². The number of halogens is 1. The van der Waals surface area contributed by atoms with Crippen LogP contribution in [0.5, 0.6) is 0 Å². The molecule has 0 aliphatic heterocycles. The molecule has 9 aromatic rings. The fraction of sp³-hybridized carbons (Fsp3) is 0.0811. The summed E-state index contributed by atoms with van der Waals surface area (Å²) in [6.07, 6.45) is 0. The third kappa shape index (κ3) is 2.45. The fourth-order valence-corrected chi connectivity index (χ4v) is 8.88. The van der Waals surface area contributed by atoms with Gasteiger partial charge < -0.3 is 0 Å². The Morgan fingerprint density at radius 2 is 1.29 bits per heavy atom. The van der Waals surface area contributed by atoms with Crippen molar-refractivity contribution in [2.75, 3.05) is 0 Å². The smallest absolute Gasteiger partial charge is 0.131 e. The van der Waals surface area contributed by atoms with E-state index in [-0.39, 0.29) is 5.41 Å². The summed E-state index contributed by atoms with van der Waals surface area (Å²) in [6, 6.07) is 40.4. The average Bonchev–Trinajstić information content (AvgIpc) is 3.66. The van der Waals surface area contributed by atoms with E-state index in [0.29, 0.717) is 0 Å². The van der Waals surface area contributed by atoms with Crippen LogP contribution in [0.1, 0.15) is 25.1 Å². The summed E-state index contributed by atoms with van der Waals surface area (Å²) in [4.78, 5) is 0. The van der Waals surface area contributed by atoms with Gasteiger partial charge in [0.05, 0.1) is 44.9 Å². The quantitative estimate of drug-likeness (QED) is 0.159. The zero-order valence-electron chi connectivity index (χ0n) is 22.6. The summed E-state index contributed by atoms with van der Waals surface area (Å²) >= 11 is 2.50. The predicted molar refractivity (Wildman–Crippen MR) is 180 cm³/mol. The van der Waals surface area contributed by atoms with Crippen LogP contribution in [0.2, 0.25) is 0 Å². The molecule has 194 valence electrons. The van der Waals surface area contributed by atoms with E-state index in [9.17, 15) is 0 Å². The first-order chi connectivity index (χ1) is 20.1. The maximum Gasteiger partial charge on any atom is 0.131 e. The van der Waals surface area contributed by atoms with Crippen LogP contribution in [0.4, 0.5) is 0 Å². The number of fused-ring (bicyclic) bond motifs is 10. The zero-order chi connectivity index (χ0) is 27.2. The van der Waals surface area contributed by atoms with Gasteiger partial charge in [-0.2, -0.15) is 0 Å². The van der Waals surface area contributed by atoms with Crippen molar-refractivity contribution in [1.82, 2.24) is 11.7 Å². The lowest BCUT2D eigenvalue weighted by Crippen LogP contribution is -2.18. The lowest BCUT2D eigenvalue weighted by molar-refractivity contribution is 0.632. The van der Waals surface area contributed by atoms with Gasteiger partial charge in [0.15, 0.2) is 0 Å². The number of rotatable bonds is 1. The molecule has 10 rings (SSSR count). The highest BCUT2D eigenvalue weighted by Gasteiger charge is 2.41. The highest BCUT2D eigenvalue weighted by Crippen LogP contribution is 2.56. The monoisotopic (exact) mass is 637 g/mol. The van der Waals surface area contributed by atoms with Crippen LogP contribution >= 0.6 is 22.9 Å². The molecule has 0 spiro atoms. The van der Waals surface area contributed by atoms with Crippen LogP contribution in [0.15, 0.2) is 109 Å². The molecule has 0 radical (unpaired) electrons. The first-order valence-electron chi connectivity index (χ1n) is 14.2. The number of benzene rings is 5. The molecular formula is C37H24IN3. The fourth-order valence-electron chi connectivity index (χ4n) is 8.07. The molecule has 0 amide bonds. The molecule has 0 saturated carbocycles. The molecule has 4 heteroatoms. The van der Waals surface area contributed by atoms with E-state index >= 15 is 0 Å². The van der Waals surface area contributed by atoms with Gasteiger partial charge in [-0.15, -0.1) is 0 Å². The van der Waals surface area contributed by atoms with Crippen molar-refractivity contribution in [2.45, 2.75) is 19.3 Å². The Bertz CT molecular complexity index is 2560. The van der Waals surface area contributed by atoms with Gasteiger partial charge in [0.2, 0.25) is 0 Å². The van der Waals surface area contributed by atoms with Gasteiger partial charge in [0, 0.05) is 49.3 Å². The van der Waals surface area contributed by atoms with Gasteiger partial charge in [-0.1, -0.05) is 92.7 Å². The van der Waals surface area contributed by atoms with E-state index in [1.54, 1.807) is 0 Å². The van der Waals surface area contributed by atoms with Gasteiger partial charge in [-0.05, 0) is 46.8 Å². The highest BCUT2D eigenvalue weighted by atomic mass is 127. The Balaban J connectivity index is 1.65. The molecule has 0 fully saturated rings. The molecule has 0 N–H and O–H groups in total. The SMILES string of the molecule is CC1(C)c2ccccc2-c2c1n1c3c2ccc2c3c3c(cccc3n2I)c2c3ccccc3n(-c3ccccc3)c21. The van der Waals surface area contributed by atoms with Crippen LogP contribution in [-0.2, 0) is 5.41 Å². The zero-order valence-corrected chi connectivity index (χ0v) is 24.8. The molecule has 4 heterocycles. The Morgan fingerprint density at radius 3 is 2.17 bits per heavy atom. The molecule has 4 aromatic heterocycles. The van der Waals surface area contributed by atoms with E-state index in [4.69, 9.17) is 0 Å². The molecule has 0 bridgehead atoms. The number of hydrogen-bond acceptors (Lipinski definition) is 0. The molecule has 0 unspecified atom stereocenters. The third-order valence-electron chi connectivity index (χ3n) is 9.63. The van der Waals surface area contributed by atoms with Gasteiger partial charge in [0.25, 0.3) is 0 Å². The molecule has 1 aliphatic rings. The van der Waals surface area contributed by atoms with Crippen molar-refractivity contribution < 1.29 is 0 Å². The predicted octanol–water partition coefficient (Wildman–Crippen LogP) is 10.2. The van der Waals surface area contributed by atoms with Crippen LogP contribution < -0.4 is 0 Å². The third-order valence-corrected chi connectivity index (χ3v) is 10.7. The van der Waals surface area contributed by atoms with Crippen LogP contribution in [-0.4, -0.2) is 11.7 Å². The summed E-state index contributed by atoms with van der Waals surface area (Å²) in [5.41, 5.74) is 12.9. The minimum atomic E-state index is -0.172. The molecular weight excluding hydrogens is 613 g/mol. The second-order valence-electron chi connectivity index (χ2n) is 12.0. The summed E-state index contributed by atoms with van der Waals surface area (Å²) in [7, 11) is 0. The van der Waals surface area contributed by atoms with Crippen molar-refractivity contribution in [3.8, 4) is 16.8 Å². The first-order valence-corrected chi connectivity index (χ1v) is 15.1. The molecule has 3 nitrogen and oxygen atoms in total. The molecule has 5 aromatic carbocycles. The Kier molecular flexibility index (Phi) is 4.00. The van der Waals surface area contributed by atoms with Crippen molar-refractivity contribution in [2.24, 2.45) is 0 Å². The van der Waals surface area contributed by atoms with Crippen LogP contribution in [0, 0.1) is 0 Å². The van der Waals surface area contributed by atoms with Gasteiger partial charge in [0.1, 0.15) is 5.65 Å². The number of para-hydroxylation sites is 2. The van der Waals surface area contributed by atoms with Gasteiger partial charge in [-0.25, -0.2) is 0 Å². The number of aromatic nitrogens is 3. The highest BCUT2D eigenvalue weighted by molar-refractivity contribution is 14.1. The van der Waals surface area contributed by atoms with Crippen molar-refractivity contribution in [3.63, 3.8) is 0 Å². The summed E-state index contributed by atoms with van der Waals surface area (Å²) in [5, 5.41) is 7.93. The van der Waals surface area contributed by atoms with E-state index in [2.05, 4.69) is 158 Å². The second-order valence-corrected chi connectivity index (χ2v) is 12.9. The van der Waals surface area contributed by atoms with Crippen molar-refractivity contribution in [3.05, 3.63) is 120 Å². The molecule has 0 saturated heterocycles. The van der Waals surface area contributed by atoms with Crippen molar-refractivity contribution >= 4 is 82.9 Å². The van der Waals surface area contributed by atoms with Crippen LogP contribution in [0.3, 0.4) is 0 Å². The molecule has 41 heavy (non-hydrogen) atoms. The number of nitrogens with zero attached hydrogens (tertiary/aromatic N) is 3. The minimum absolute atomic E-state index is 0.172. The Labute approximate surface area is 250 Å². The first kappa shape index (κ1) is 22.4. The van der Waals surface area contributed by atoms with Gasteiger partial charge >= 0.3 is 0 Å². The van der Waals surface area contributed by atoms with E-state index in [1.807, 2.05) is 0 Å². The molecule has 1 aliphatic carbocycles. The maximum absolute atomic E-state index is 2.66. The standard InChI is InChI=1S/C37H24IN3/c1-37(2)26-16-8-6-13-22(26)30-25-19-20-29-33-32-24(15-10-18-28(32)41(29)38)31-23-14-7-9-17-27(23)39(21-11-4-3-5-12-21)36(31)40(34(25)33)35(30)37/h3-20H,1-2H3. The van der Waals surface area contributed by atoms with E-state index in [1.165, 1.54) is 88.1 Å². The Hall–Kier alpha value is -4.29. The summed E-state index contributed by atoms with van der Waals surface area (Å²) in [5.74, 6) is 0. The maximum atomic E-state index is 2.66. The summed E-state index contributed by atoms with van der Waals surface area (Å²) in [6.45, 7) is 4.81. The largest absolute Gasteiger partial charge is 0.297 e. The average molecular weight is 638 g/mol. The summed E-state index contributed by atoms with van der Waals surface area (Å²) < 4.78 is 7.52.